The zero-order valence-electron chi connectivity index (χ0n) is 13.4. The Morgan fingerprint density at radius 3 is 3.12 bits per heavy atom. The lowest BCUT2D eigenvalue weighted by Gasteiger charge is -2.30. The van der Waals surface area contributed by atoms with Crippen LogP contribution in [0.4, 0.5) is 0 Å². The number of nitrogens with zero attached hydrogens (tertiary/aromatic N) is 2. The van der Waals surface area contributed by atoms with Crippen molar-refractivity contribution in [2.75, 3.05) is 19.7 Å². The number of fused-ring (bicyclic) bond motifs is 1. The zero-order chi connectivity index (χ0) is 16.9. The fourth-order valence-corrected chi connectivity index (χ4v) is 3.29. The standard InChI is InChI=1S/C17H21N3O3S/c21-15(18-11-12-5-4-10-23-12)8-3-9-20-16(22)13-6-1-2-7-14(13)19-17(20)24/h1-2,6-7,12-13H,3-5,8-11H2,(H,18,21). The Labute approximate surface area is 146 Å². The van der Waals surface area contributed by atoms with Gasteiger partial charge in [0.25, 0.3) is 0 Å². The molecule has 3 rings (SSSR count). The minimum absolute atomic E-state index is 0.0226. The van der Waals surface area contributed by atoms with Gasteiger partial charge in [0, 0.05) is 26.1 Å². The topological polar surface area (TPSA) is 71.0 Å². The molecule has 1 N–H and O–H groups in total. The van der Waals surface area contributed by atoms with Crippen LogP contribution < -0.4 is 5.32 Å². The lowest BCUT2D eigenvalue weighted by Crippen LogP contribution is -2.46. The van der Waals surface area contributed by atoms with E-state index in [-0.39, 0.29) is 28.9 Å². The van der Waals surface area contributed by atoms with Crippen LogP contribution >= 0.6 is 12.2 Å². The van der Waals surface area contributed by atoms with Gasteiger partial charge in [-0.15, -0.1) is 0 Å². The molecule has 24 heavy (non-hydrogen) atoms. The molecule has 0 radical (unpaired) electrons. The van der Waals surface area contributed by atoms with E-state index >= 15 is 0 Å². The molecule has 7 heteroatoms. The molecule has 128 valence electrons. The highest BCUT2D eigenvalue weighted by molar-refractivity contribution is 7.80. The normalized spacial score (nSPS) is 25.7. The summed E-state index contributed by atoms with van der Waals surface area (Å²) >= 11 is 5.22. The summed E-state index contributed by atoms with van der Waals surface area (Å²) in [6.45, 7) is 1.75. The summed E-state index contributed by atoms with van der Waals surface area (Å²) in [5.74, 6) is -0.439. The predicted octanol–water partition coefficient (Wildman–Crippen LogP) is 1.37. The van der Waals surface area contributed by atoms with E-state index in [2.05, 4.69) is 10.3 Å². The van der Waals surface area contributed by atoms with E-state index in [1.807, 2.05) is 24.3 Å². The summed E-state index contributed by atoms with van der Waals surface area (Å²) in [6.07, 6.45) is 10.4. The molecule has 2 atom stereocenters. The lowest BCUT2D eigenvalue weighted by molar-refractivity contribution is -0.129. The molecule has 0 saturated carbocycles. The van der Waals surface area contributed by atoms with Crippen LogP contribution in [0.25, 0.3) is 0 Å². The summed E-state index contributed by atoms with van der Waals surface area (Å²) < 4.78 is 5.47. The molecule has 0 spiro atoms. The molecule has 2 aliphatic heterocycles. The second kappa shape index (κ2) is 7.81. The van der Waals surface area contributed by atoms with Crippen LogP contribution in [0.1, 0.15) is 25.7 Å². The van der Waals surface area contributed by atoms with Crippen LogP contribution in [-0.2, 0) is 14.3 Å². The van der Waals surface area contributed by atoms with Crippen LogP contribution in [0.2, 0.25) is 0 Å². The van der Waals surface area contributed by atoms with E-state index in [4.69, 9.17) is 17.0 Å². The first-order valence-corrected chi connectivity index (χ1v) is 8.73. The molecule has 2 amide bonds. The van der Waals surface area contributed by atoms with Crippen molar-refractivity contribution in [2.24, 2.45) is 10.9 Å². The number of hydrogen-bond donors (Lipinski definition) is 1. The van der Waals surface area contributed by atoms with Crippen molar-refractivity contribution in [3.63, 3.8) is 0 Å². The Morgan fingerprint density at radius 2 is 2.33 bits per heavy atom. The summed E-state index contributed by atoms with van der Waals surface area (Å²) in [7, 11) is 0. The molecule has 3 aliphatic rings. The van der Waals surface area contributed by atoms with Gasteiger partial charge < -0.3 is 10.1 Å². The number of allylic oxidation sites excluding steroid dienone is 3. The van der Waals surface area contributed by atoms with Crippen LogP contribution in [0.15, 0.2) is 29.3 Å². The largest absolute Gasteiger partial charge is 0.376 e. The minimum Gasteiger partial charge on any atom is -0.376 e. The van der Waals surface area contributed by atoms with E-state index in [1.54, 1.807) is 0 Å². The average Bonchev–Trinajstić information content (AvgIpc) is 3.09. The van der Waals surface area contributed by atoms with Gasteiger partial charge in [-0.05, 0) is 37.6 Å². The smallest absolute Gasteiger partial charge is 0.241 e. The maximum Gasteiger partial charge on any atom is 0.241 e. The van der Waals surface area contributed by atoms with Crippen molar-refractivity contribution in [3.05, 3.63) is 24.3 Å². The molecule has 1 aliphatic carbocycles. The van der Waals surface area contributed by atoms with Gasteiger partial charge in [0.15, 0.2) is 0 Å². The van der Waals surface area contributed by atoms with Crippen molar-refractivity contribution in [2.45, 2.75) is 31.8 Å². The molecule has 6 nitrogen and oxygen atoms in total. The van der Waals surface area contributed by atoms with Crippen LogP contribution in [-0.4, -0.2) is 53.3 Å². The molecule has 1 fully saturated rings. The third-order valence-electron chi connectivity index (χ3n) is 4.32. The van der Waals surface area contributed by atoms with Gasteiger partial charge in [-0.1, -0.05) is 18.2 Å². The molecule has 0 bridgehead atoms. The molecule has 2 heterocycles. The van der Waals surface area contributed by atoms with Gasteiger partial charge in [0.1, 0.15) is 0 Å². The highest BCUT2D eigenvalue weighted by Crippen LogP contribution is 2.20. The van der Waals surface area contributed by atoms with Gasteiger partial charge >= 0.3 is 0 Å². The molecule has 0 aromatic rings. The van der Waals surface area contributed by atoms with Crippen molar-refractivity contribution >= 4 is 34.9 Å². The Bertz CT molecular complexity index is 621. The number of carbonyl (C=O) groups excluding carboxylic acids is 2. The van der Waals surface area contributed by atoms with E-state index in [1.165, 1.54) is 4.90 Å². The number of nitrogens with one attached hydrogen (secondary N) is 1. The third-order valence-corrected chi connectivity index (χ3v) is 4.64. The maximum absolute atomic E-state index is 12.5. The average molecular weight is 347 g/mol. The monoisotopic (exact) mass is 347 g/mol. The van der Waals surface area contributed by atoms with Crippen molar-refractivity contribution in [1.29, 1.82) is 0 Å². The molecular weight excluding hydrogens is 326 g/mol. The number of aliphatic imine (C=N–C) groups is 1. The maximum atomic E-state index is 12.5. The van der Waals surface area contributed by atoms with Crippen LogP contribution in [0.5, 0.6) is 0 Å². The van der Waals surface area contributed by atoms with Gasteiger partial charge in [-0.3, -0.25) is 14.5 Å². The Kier molecular flexibility index (Phi) is 5.52. The Balaban J connectivity index is 1.44. The molecule has 1 saturated heterocycles. The summed E-state index contributed by atoms with van der Waals surface area (Å²) in [6, 6.07) is 0. The summed E-state index contributed by atoms with van der Waals surface area (Å²) in [4.78, 5) is 30.2. The predicted molar refractivity (Wildman–Crippen MR) is 94.7 cm³/mol. The summed E-state index contributed by atoms with van der Waals surface area (Å²) in [5, 5.41) is 3.17. The van der Waals surface area contributed by atoms with Gasteiger partial charge in [-0.2, -0.15) is 0 Å². The second-order valence-electron chi connectivity index (χ2n) is 6.07. The Hall–Kier alpha value is -1.86. The van der Waals surface area contributed by atoms with Crippen LogP contribution in [0, 0.1) is 5.92 Å². The van der Waals surface area contributed by atoms with E-state index < -0.39 is 0 Å². The fraction of sp³-hybridized carbons (Fsp3) is 0.529. The Morgan fingerprint density at radius 1 is 1.46 bits per heavy atom. The van der Waals surface area contributed by atoms with Gasteiger partial charge in [0.2, 0.25) is 16.9 Å². The molecular formula is C17H21N3O3S. The first-order valence-electron chi connectivity index (χ1n) is 8.32. The lowest BCUT2D eigenvalue weighted by atomic mass is 9.95. The number of carbonyl (C=O) groups is 2. The highest BCUT2D eigenvalue weighted by atomic mass is 32.1. The van der Waals surface area contributed by atoms with E-state index in [9.17, 15) is 9.59 Å². The third kappa shape index (κ3) is 3.96. The van der Waals surface area contributed by atoms with Crippen molar-refractivity contribution < 1.29 is 14.3 Å². The molecule has 0 aromatic carbocycles. The number of amides is 2. The number of thiocarbonyl (C=S) groups is 1. The first kappa shape index (κ1) is 17.0. The summed E-state index contributed by atoms with van der Waals surface area (Å²) in [5.41, 5.74) is 0.693. The van der Waals surface area contributed by atoms with Crippen molar-refractivity contribution in [1.82, 2.24) is 10.2 Å². The minimum atomic E-state index is -0.352. The van der Waals surface area contributed by atoms with Gasteiger partial charge in [0.05, 0.1) is 17.7 Å². The van der Waals surface area contributed by atoms with E-state index in [0.29, 0.717) is 31.6 Å². The van der Waals surface area contributed by atoms with Crippen LogP contribution in [0.3, 0.4) is 0 Å². The highest BCUT2D eigenvalue weighted by Gasteiger charge is 2.33. The van der Waals surface area contributed by atoms with Gasteiger partial charge in [-0.25, -0.2) is 4.99 Å². The molecule has 0 aromatic heterocycles. The molecule has 2 unspecified atom stereocenters. The zero-order valence-corrected chi connectivity index (χ0v) is 14.3. The number of ether oxygens (including phenoxy) is 1. The van der Waals surface area contributed by atoms with E-state index in [0.717, 1.165) is 19.4 Å². The number of hydrogen-bond acceptors (Lipinski definition) is 4. The van der Waals surface area contributed by atoms with Crippen molar-refractivity contribution in [3.8, 4) is 0 Å². The second-order valence-corrected chi connectivity index (χ2v) is 6.44. The fourth-order valence-electron chi connectivity index (χ4n) is 3.01. The first-order chi connectivity index (χ1) is 11.6. The number of rotatable bonds is 6. The quantitative estimate of drug-likeness (QED) is 0.737. The SMILES string of the molecule is O=C(CCCN1C(=O)C2C=CC=CC2=NC1=S)NCC1CCCO1.